The van der Waals surface area contributed by atoms with E-state index in [1.54, 1.807) is 0 Å². The molecule has 1 aliphatic heterocycles. The molecule has 0 saturated carbocycles. The van der Waals surface area contributed by atoms with Crippen LogP contribution in [0.1, 0.15) is 34.6 Å². The van der Waals surface area contributed by atoms with Gasteiger partial charge in [0.15, 0.2) is 0 Å². The van der Waals surface area contributed by atoms with E-state index in [9.17, 15) is 0 Å². The molecule has 0 spiro atoms. The third kappa shape index (κ3) is 2.68. The zero-order chi connectivity index (χ0) is 15.8. The van der Waals surface area contributed by atoms with Crippen molar-refractivity contribution < 1.29 is 4.52 Å². The van der Waals surface area contributed by atoms with Gasteiger partial charge >= 0.3 is 0 Å². The lowest BCUT2D eigenvalue weighted by Crippen LogP contribution is -2.37. The minimum atomic E-state index is 0.314. The SMILES string of the molecule is Cc1cc(CN2Cc3ncc(C)n3C[C@@H]2c2ccccc2)no1. The Kier molecular flexibility index (Phi) is 3.50. The van der Waals surface area contributed by atoms with Gasteiger partial charge in [-0.2, -0.15) is 0 Å². The maximum atomic E-state index is 5.22. The van der Waals surface area contributed by atoms with Gasteiger partial charge in [0.1, 0.15) is 11.6 Å². The standard InChI is InChI=1S/C18H20N4O/c1-13-9-19-18-12-21(10-16-8-14(2)23-20-16)17(11-22(13)18)15-6-4-3-5-7-15/h3-9,17H,10-12H2,1-2H3/t17-/m1/s1. The fourth-order valence-corrected chi connectivity index (χ4v) is 3.32. The fraction of sp³-hybridized carbons (Fsp3) is 0.333. The highest BCUT2D eigenvalue weighted by Gasteiger charge is 2.29. The van der Waals surface area contributed by atoms with E-state index in [-0.39, 0.29) is 0 Å². The summed E-state index contributed by atoms with van der Waals surface area (Å²) in [6, 6.07) is 13.0. The number of aromatic nitrogens is 3. The highest BCUT2D eigenvalue weighted by molar-refractivity contribution is 5.22. The minimum absolute atomic E-state index is 0.314. The van der Waals surface area contributed by atoms with Gasteiger partial charge in [0.2, 0.25) is 0 Å². The van der Waals surface area contributed by atoms with Crippen LogP contribution in [0.5, 0.6) is 0 Å². The Labute approximate surface area is 135 Å². The zero-order valence-corrected chi connectivity index (χ0v) is 13.4. The molecule has 0 unspecified atom stereocenters. The van der Waals surface area contributed by atoms with Gasteiger partial charge < -0.3 is 9.09 Å². The fourth-order valence-electron chi connectivity index (χ4n) is 3.32. The maximum Gasteiger partial charge on any atom is 0.133 e. The first-order chi connectivity index (χ1) is 11.2. The van der Waals surface area contributed by atoms with Crippen LogP contribution in [0.2, 0.25) is 0 Å². The van der Waals surface area contributed by atoms with Crippen molar-refractivity contribution in [1.82, 2.24) is 19.6 Å². The van der Waals surface area contributed by atoms with Crippen LogP contribution in [-0.2, 0) is 19.6 Å². The Hall–Kier alpha value is -2.40. The van der Waals surface area contributed by atoms with Crippen LogP contribution in [0.3, 0.4) is 0 Å². The van der Waals surface area contributed by atoms with Gasteiger partial charge in [-0.3, -0.25) is 4.90 Å². The number of nitrogens with zero attached hydrogens (tertiary/aromatic N) is 4. The Balaban J connectivity index is 1.68. The molecule has 4 rings (SSSR count). The van der Waals surface area contributed by atoms with Gasteiger partial charge in [0.25, 0.3) is 0 Å². The van der Waals surface area contributed by atoms with E-state index in [0.717, 1.165) is 36.9 Å². The second-order valence-corrected chi connectivity index (χ2v) is 6.19. The van der Waals surface area contributed by atoms with Crippen molar-refractivity contribution in [2.24, 2.45) is 0 Å². The number of hydrogen-bond donors (Lipinski definition) is 0. The number of hydrogen-bond acceptors (Lipinski definition) is 4. The lowest BCUT2D eigenvalue weighted by Gasteiger charge is -2.36. The van der Waals surface area contributed by atoms with Crippen molar-refractivity contribution in [1.29, 1.82) is 0 Å². The molecule has 23 heavy (non-hydrogen) atoms. The first kappa shape index (κ1) is 14.2. The molecule has 0 aliphatic carbocycles. The molecule has 3 aromatic rings. The molecule has 0 fully saturated rings. The van der Waals surface area contributed by atoms with Crippen molar-refractivity contribution >= 4 is 0 Å². The Morgan fingerprint density at radius 3 is 2.78 bits per heavy atom. The number of imidazole rings is 1. The van der Waals surface area contributed by atoms with Crippen LogP contribution in [0, 0.1) is 13.8 Å². The average molecular weight is 308 g/mol. The van der Waals surface area contributed by atoms with Crippen LogP contribution in [0.15, 0.2) is 47.1 Å². The zero-order valence-electron chi connectivity index (χ0n) is 13.4. The van der Waals surface area contributed by atoms with E-state index in [4.69, 9.17) is 4.52 Å². The molecule has 0 saturated heterocycles. The normalized spacial score (nSPS) is 18.1. The molecule has 0 amide bonds. The molecule has 3 heterocycles. The van der Waals surface area contributed by atoms with Crippen LogP contribution >= 0.6 is 0 Å². The molecule has 0 radical (unpaired) electrons. The quantitative estimate of drug-likeness (QED) is 0.745. The summed E-state index contributed by atoms with van der Waals surface area (Å²) < 4.78 is 7.54. The van der Waals surface area contributed by atoms with Crippen molar-refractivity contribution in [2.75, 3.05) is 0 Å². The lowest BCUT2D eigenvalue weighted by molar-refractivity contribution is 0.124. The van der Waals surface area contributed by atoms with E-state index in [0.29, 0.717) is 6.04 Å². The molecule has 1 aromatic carbocycles. The van der Waals surface area contributed by atoms with Crippen molar-refractivity contribution in [2.45, 2.75) is 39.5 Å². The van der Waals surface area contributed by atoms with Crippen LogP contribution in [-0.4, -0.2) is 19.6 Å². The van der Waals surface area contributed by atoms with Gasteiger partial charge in [0, 0.05) is 31.0 Å². The Morgan fingerprint density at radius 2 is 2.04 bits per heavy atom. The Bertz CT molecular complexity index is 806. The molecule has 1 aliphatic rings. The molecule has 1 atom stereocenters. The summed E-state index contributed by atoms with van der Waals surface area (Å²) in [7, 11) is 0. The summed E-state index contributed by atoms with van der Waals surface area (Å²) in [5.74, 6) is 1.97. The van der Waals surface area contributed by atoms with Gasteiger partial charge in [0.05, 0.1) is 18.3 Å². The lowest BCUT2D eigenvalue weighted by atomic mass is 10.0. The van der Waals surface area contributed by atoms with Crippen molar-refractivity contribution in [3.63, 3.8) is 0 Å². The van der Waals surface area contributed by atoms with E-state index in [1.165, 1.54) is 11.3 Å². The molecular formula is C18H20N4O. The van der Waals surface area contributed by atoms with E-state index in [1.807, 2.05) is 19.2 Å². The molecule has 5 nitrogen and oxygen atoms in total. The third-order valence-corrected chi connectivity index (χ3v) is 4.50. The molecule has 5 heteroatoms. The van der Waals surface area contributed by atoms with Crippen LogP contribution < -0.4 is 0 Å². The second kappa shape index (κ2) is 5.66. The average Bonchev–Trinajstić information content (AvgIpc) is 3.14. The van der Waals surface area contributed by atoms with Gasteiger partial charge in [-0.05, 0) is 19.4 Å². The summed E-state index contributed by atoms with van der Waals surface area (Å²) in [6.07, 6.45) is 1.96. The number of aryl methyl sites for hydroxylation is 2. The maximum absolute atomic E-state index is 5.22. The van der Waals surface area contributed by atoms with Gasteiger partial charge in [-0.25, -0.2) is 4.98 Å². The summed E-state index contributed by atoms with van der Waals surface area (Å²) in [5.41, 5.74) is 3.52. The number of benzene rings is 1. The minimum Gasteiger partial charge on any atom is -0.361 e. The largest absolute Gasteiger partial charge is 0.361 e. The summed E-state index contributed by atoms with van der Waals surface area (Å²) >= 11 is 0. The van der Waals surface area contributed by atoms with Crippen molar-refractivity contribution in [3.8, 4) is 0 Å². The molecule has 2 aromatic heterocycles. The van der Waals surface area contributed by atoms with E-state index < -0.39 is 0 Å². The van der Waals surface area contributed by atoms with E-state index >= 15 is 0 Å². The predicted octanol–water partition coefficient (Wildman–Crippen LogP) is 3.25. The summed E-state index contributed by atoms with van der Waals surface area (Å²) in [5, 5.41) is 4.16. The highest BCUT2D eigenvalue weighted by Crippen LogP contribution is 2.31. The van der Waals surface area contributed by atoms with Crippen LogP contribution in [0.25, 0.3) is 0 Å². The van der Waals surface area contributed by atoms with E-state index in [2.05, 4.69) is 56.9 Å². The monoisotopic (exact) mass is 308 g/mol. The Morgan fingerprint density at radius 1 is 1.22 bits per heavy atom. The first-order valence-electron chi connectivity index (χ1n) is 7.93. The first-order valence-corrected chi connectivity index (χ1v) is 7.93. The molecule has 0 bridgehead atoms. The van der Waals surface area contributed by atoms with Gasteiger partial charge in [-0.1, -0.05) is 35.5 Å². The van der Waals surface area contributed by atoms with Gasteiger partial charge in [-0.15, -0.1) is 0 Å². The molecule has 118 valence electrons. The third-order valence-electron chi connectivity index (χ3n) is 4.50. The summed E-state index contributed by atoms with van der Waals surface area (Å²) in [4.78, 5) is 6.98. The molecule has 0 N–H and O–H groups in total. The smallest absolute Gasteiger partial charge is 0.133 e. The number of fused-ring (bicyclic) bond motifs is 1. The second-order valence-electron chi connectivity index (χ2n) is 6.19. The number of rotatable bonds is 3. The van der Waals surface area contributed by atoms with Crippen molar-refractivity contribution in [3.05, 3.63) is 71.1 Å². The van der Waals surface area contributed by atoms with Crippen LogP contribution in [0.4, 0.5) is 0 Å². The predicted molar refractivity (Wildman–Crippen MR) is 86.6 cm³/mol. The molecular weight excluding hydrogens is 288 g/mol. The topological polar surface area (TPSA) is 47.1 Å². The highest BCUT2D eigenvalue weighted by atomic mass is 16.5. The summed E-state index contributed by atoms with van der Waals surface area (Å²) in [6.45, 7) is 6.55.